The molecular formula is C20H23N3O2. The fourth-order valence-electron chi connectivity index (χ4n) is 2.73. The van der Waals surface area contributed by atoms with E-state index in [1.54, 1.807) is 33.8 Å². The van der Waals surface area contributed by atoms with Crippen molar-refractivity contribution in [1.82, 2.24) is 4.90 Å². The first-order valence-corrected chi connectivity index (χ1v) is 8.07. The topological polar surface area (TPSA) is 64.4 Å². The molecule has 1 heterocycles. The second-order valence-corrected chi connectivity index (χ2v) is 7.27. The van der Waals surface area contributed by atoms with Crippen LogP contribution in [-0.4, -0.2) is 36.3 Å². The highest BCUT2D eigenvalue weighted by molar-refractivity contribution is 6.20. The van der Waals surface area contributed by atoms with Crippen molar-refractivity contribution in [1.29, 1.82) is 5.26 Å². The molecule has 2 rings (SSSR count). The number of nitrogens with zero attached hydrogens (tertiary/aromatic N) is 3. The number of hydrogen-bond acceptors (Lipinski definition) is 4. The number of rotatable bonds is 2. The molecule has 0 atom stereocenters. The molecule has 1 aliphatic heterocycles. The molecule has 1 aliphatic rings. The van der Waals surface area contributed by atoms with Gasteiger partial charge in [0.15, 0.2) is 0 Å². The summed E-state index contributed by atoms with van der Waals surface area (Å²) in [6.45, 7) is 6.99. The van der Waals surface area contributed by atoms with Crippen molar-refractivity contribution < 1.29 is 9.59 Å². The predicted molar refractivity (Wildman–Crippen MR) is 98.7 cm³/mol. The predicted octanol–water partition coefficient (Wildman–Crippen LogP) is 3.14. The Hall–Kier alpha value is -2.87. The molecule has 1 aromatic carbocycles. The van der Waals surface area contributed by atoms with Gasteiger partial charge in [0, 0.05) is 30.9 Å². The Kier molecular flexibility index (Phi) is 4.85. The van der Waals surface area contributed by atoms with E-state index < -0.39 is 11.4 Å². The standard InChI is InChI=1S/C20H23N3O2/c1-13-16(11-14-7-9-15(10-8-14)22(5)6)18(24)23(20(2,3)4)19(25)17(13)12-21/h7-11H,1-6H3/b16-11+. The minimum absolute atomic E-state index is 0.0192. The zero-order chi connectivity index (χ0) is 18.9. The van der Waals surface area contributed by atoms with E-state index in [1.807, 2.05) is 49.3 Å². The summed E-state index contributed by atoms with van der Waals surface area (Å²) in [6, 6.07) is 9.68. The van der Waals surface area contributed by atoms with Gasteiger partial charge in [-0.3, -0.25) is 14.5 Å². The van der Waals surface area contributed by atoms with Crippen LogP contribution in [0.1, 0.15) is 33.3 Å². The fraction of sp³-hybridized carbons (Fsp3) is 0.350. The van der Waals surface area contributed by atoms with Crippen LogP contribution >= 0.6 is 0 Å². The highest BCUT2D eigenvalue weighted by Gasteiger charge is 2.41. The normalized spacial score (nSPS) is 17.2. The van der Waals surface area contributed by atoms with E-state index in [1.165, 1.54) is 4.90 Å². The van der Waals surface area contributed by atoms with Crippen LogP contribution in [0.25, 0.3) is 6.08 Å². The Morgan fingerprint density at radius 3 is 2.08 bits per heavy atom. The first-order chi connectivity index (χ1) is 11.6. The van der Waals surface area contributed by atoms with Crippen LogP contribution in [0.2, 0.25) is 0 Å². The second-order valence-electron chi connectivity index (χ2n) is 7.27. The summed E-state index contributed by atoms with van der Waals surface area (Å²) in [4.78, 5) is 28.6. The number of amides is 2. The second kappa shape index (κ2) is 6.56. The quantitative estimate of drug-likeness (QED) is 0.614. The molecular weight excluding hydrogens is 314 g/mol. The third-order valence-electron chi connectivity index (χ3n) is 4.13. The molecule has 130 valence electrons. The molecule has 1 aromatic rings. The van der Waals surface area contributed by atoms with Crippen LogP contribution in [-0.2, 0) is 9.59 Å². The van der Waals surface area contributed by atoms with Crippen molar-refractivity contribution in [3.8, 4) is 6.07 Å². The third-order valence-corrected chi connectivity index (χ3v) is 4.13. The highest BCUT2D eigenvalue weighted by atomic mass is 16.2. The summed E-state index contributed by atoms with van der Waals surface area (Å²) in [6.07, 6.45) is 1.74. The monoisotopic (exact) mass is 337 g/mol. The van der Waals surface area contributed by atoms with Gasteiger partial charge >= 0.3 is 0 Å². The van der Waals surface area contributed by atoms with E-state index >= 15 is 0 Å². The van der Waals surface area contributed by atoms with Gasteiger partial charge in [0.05, 0.1) is 0 Å². The lowest BCUT2D eigenvalue weighted by atomic mass is 9.90. The zero-order valence-corrected chi connectivity index (χ0v) is 15.5. The van der Waals surface area contributed by atoms with Crippen LogP contribution in [0.15, 0.2) is 41.0 Å². The highest BCUT2D eigenvalue weighted by Crippen LogP contribution is 2.31. The Morgan fingerprint density at radius 1 is 1.08 bits per heavy atom. The number of nitriles is 1. The van der Waals surface area contributed by atoms with Crippen LogP contribution in [0.4, 0.5) is 5.69 Å². The lowest BCUT2D eigenvalue weighted by molar-refractivity contribution is -0.145. The van der Waals surface area contributed by atoms with E-state index in [9.17, 15) is 14.9 Å². The van der Waals surface area contributed by atoms with Crippen molar-refractivity contribution in [2.24, 2.45) is 0 Å². The summed E-state index contributed by atoms with van der Waals surface area (Å²) >= 11 is 0. The molecule has 5 heteroatoms. The third kappa shape index (κ3) is 3.48. The van der Waals surface area contributed by atoms with Gasteiger partial charge in [-0.25, -0.2) is 0 Å². The first-order valence-electron chi connectivity index (χ1n) is 8.07. The average Bonchev–Trinajstić information content (AvgIpc) is 2.51. The van der Waals surface area contributed by atoms with Gasteiger partial charge in [-0.15, -0.1) is 0 Å². The zero-order valence-electron chi connectivity index (χ0n) is 15.5. The van der Waals surface area contributed by atoms with Gasteiger partial charge in [-0.1, -0.05) is 12.1 Å². The number of imide groups is 1. The Morgan fingerprint density at radius 2 is 1.64 bits per heavy atom. The minimum Gasteiger partial charge on any atom is -0.378 e. The average molecular weight is 337 g/mol. The van der Waals surface area contributed by atoms with Crippen molar-refractivity contribution in [2.45, 2.75) is 33.2 Å². The largest absolute Gasteiger partial charge is 0.378 e. The van der Waals surface area contributed by atoms with Gasteiger partial charge in [0.2, 0.25) is 0 Å². The van der Waals surface area contributed by atoms with Gasteiger partial charge in [-0.05, 0) is 57.0 Å². The van der Waals surface area contributed by atoms with Crippen molar-refractivity contribution in [2.75, 3.05) is 19.0 Å². The summed E-state index contributed by atoms with van der Waals surface area (Å²) in [5.41, 5.74) is 2.01. The van der Waals surface area contributed by atoms with Crippen molar-refractivity contribution in [3.63, 3.8) is 0 Å². The summed E-state index contributed by atoms with van der Waals surface area (Å²) in [7, 11) is 3.91. The number of hydrogen-bond donors (Lipinski definition) is 0. The van der Waals surface area contributed by atoms with E-state index in [-0.39, 0.29) is 11.5 Å². The summed E-state index contributed by atoms with van der Waals surface area (Å²) < 4.78 is 0. The molecule has 0 spiro atoms. The molecule has 0 unspecified atom stereocenters. The molecule has 0 aliphatic carbocycles. The van der Waals surface area contributed by atoms with Crippen LogP contribution in [0, 0.1) is 11.3 Å². The van der Waals surface area contributed by atoms with Gasteiger partial charge in [-0.2, -0.15) is 5.26 Å². The van der Waals surface area contributed by atoms with Gasteiger partial charge in [0.1, 0.15) is 11.6 Å². The van der Waals surface area contributed by atoms with E-state index in [2.05, 4.69) is 0 Å². The first kappa shape index (κ1) is 18.5. The number of benzene rings is 1. The van der Waals surface area contributed by atoms with Crippen LogP contribution in [0.3, 0.4) is 0 Å². The summed E-state index contributed by atoms with van der Waals surface area (Å²) in [5.74, 6) is -0.900. The number of carbonyl (C=O) groups excluding carboxylic acids is 2. The lowest BCUT2D eigenvalue weighted by Crippen LogP contribution is -2.52. The van der Waals surface area contributed by atoms with Gasteiger partial charge in [0.25, 0.3) is 11.8 Å². The maximum absolute atomic E-state index is 12.9. The molecule has 5 nitrogen and oxygen atoms in total. The molecule has 0 bridgehead atoms. The number of anilines is 1. The Labute approximate surface area is 148 Å². The van der Waals surface area contributed by atoms with E-state index in [0.717, 1.165) is 11.3 Å². The maximum Gasteiger partial charge on any atom is 0.272 e. The van der Waals surface area contributed by atoms with Crippen LogP contribution < -0.4 is 4.90 Å². The molecule has 25 heavy (non-hydrogen) atoms. The molecule has 2 amide bonds. The molecule has 0 aromatic heterocycles. The molecule has 0 N–H and O–H groups in total. The maximum atomic E-state index is 12.9. The number of carbonyl (C=O) groups is 2. The molecule has 0 fully saturated rings. The van der Waals surface area contributed by atoms with Crippen molar-refractivity contribution >= 4 is 23.6 Å². The Bertz CT molecular complexity index is 816. The van der Waals surface area contributed by atoms with Gasteiger partial charge < -0.3 is 4.90 Å². The van der Waals surface area contributed by atoms with E-state index in [0.29, 0.717) is 11.1 Å². The SMILES string of the molecule is CC1=C(C#N)C(=O)N(C(C)(C)C)C(=O)/C1=C/c1ccc(N(C)C)cc1. The van der Waals surface area contributed by atoms with Crippen LogP contribution in [0.5, 0.6) is 0 Å². The summed E-state index contributed by atoms with van der Waals surface area (Å²) in [5, 5.41) is 9.38. The Balaban J connectivity index is 2.58. The molecule has 0 saturated carbocycles. The molecule has 0 saturated heterocycles. The van der Waals surface area contributed by atoms with Crippen molar-refractivity contribution in [3.05, 3.63) is 46.5 Å². The lowest BCUT2D eigenvalue weighted by Gasteiger charge is -2.37. The minimum atomic E-state index is -0.704. The smallest absolute Gasteiger partial charge is 0.272 e. The molecule has 0 radical (unpaired) electrons. The fourth-order valence-corrected chi connectivity index (χ4v) is 2.73. The van der Waals surface area contributed by atoms with E-state index in [4.69, 9.17) is 0 Å².